The number of aromatic nitrogens is 1. The van der Waals surface area contributed by atoms with Crippen LogP contribution >= 0.6 is 11.6 Å². The van der Waals surface area contributed by atoms with E-state index in [1.54, 1.807) is 0 Å². The van der Waals surface area contributed by atoms with Gasteiger partial charge in [-0.25, -0.2) is 0 Å². The van der Waals surface area contributed by atoms with E-state index in [2.05, 4.69) is 10.3 Å². The average molecular weight is 343 g/mol. The highest BCUT2D eigenvalue weighted by molar-refractivity contribution is 6.31. The molecule has 3 N–H and O–H groups in total. The minimum Gasteiger partial charge on any atom is -0.396 e. The lowest BCUT2D eigenvalue weighted by molar-refractivity contribution is -0.121. The predicted octanol–water partition coefficient (Wildman–Crippen LogP) is 3.60. The van der Waals surface area contributed by atoms with Crippen molar-refractivity contribution in [3.8, 4) is 0 Å². The first-order valence-corrected chi connectivity index (χ1v) is 8.26. The number of aromatic amines is 1. The van der Waals surface area contributed by atoms with Gasteiger partial charge in [0.2, 0.25) is 5.91 Å². The zero-order valence-electron chi connectivity index (χ0n) is 13.1. The van der Waals surface area contributed by atoms with Gasteiger partial charge >= 0.3 is 0 Å². The van der Waals surface area contributed by atoms with Gasteiger partial charge in [0.1, 0.15) is 0 Å². The van der Waals surface area contributed by atoms with Gasteiger partial charge in [0.15, 0.2) is 0 Å². The minimum atomic E-state index is -0.191. The van der Waals surface area contributed by atoms with Crippen LogP contribution in [-0.4, -0.2) is 22.6 Å². The number of rotatable bonds is 6. The van der Waals surface area contributed by atoms with Crippen molar-refractivity contribution >= 4 is 28.4 Å². The van der Waals surface area contributed by atoms with Crippen LogP contribution in [0.15, 0.2) is 54.7 Å². The van der Waals surface area contributed by atoms with Gasteiger partial charge < -0.3 is 15.4 Å². The second-order valence-corrected chi connectivity index (χ2v) is 6.16. The summed E-state index contributed by atoms with van der Waals surface area (Å²) in [5, 5.41) is 13.9. The molecule has 5 heteroatoms. The van der Waals surface area contributed by atoms with Crippen LogP contribution in [0.4, 0.5) is 0 Å². The van der Waals surface area contributed by atoms with Gasteiger partial charge in [-0.1, -0.05) is 48.0 Å². The lowest BCUT2D eigenvalue weighted by atomic mass is 10.0. The number of hydrogen-bond acceptors (Lipinski definition) is 2. The number of benzene rings is 2. The number of fused-ring (bicyclic) bond motifs is 1. The van der Waals surface area contributed by atoms with Crippen molar-refractivity contribution in [3.05, 3.63) is 70.9 Å². The molecule has 1 unspecified atom stereocenters. The number of halogens is 1. The summed E-state index contributed by atoms with van der Waals surface area (Å²) in [6.45, 7) is 0.0193. The van der Waals surface area contributed by atoms with Gasteiger partial charge in [-0.05, 0) is 29.7 Å². The maximum absolute atomic E-state index is 12.4. The summed E-state index contributed by atoms with van der Waals surface area (Å²) >= 11 is 5.98. The number of nitrogens with one attached hydrogen (secondary N) is 2. The second kappa shape index (κ2) is 7.51. The van der Waals surface area contributed by atoms with Crippen LogP contribution in [0.2, 0.25) is 5.02 Å². The number of carbonyl (C=O) groups excluding carboxylic acids is 1. The van der Waals surface area contributed by atoms with E-state index in [0.29, 0.717) is 11.4 Å². The minimum absolute atomic E-state index is 0.0193. The molecular weight excluding hydrogens is 324 g/mol. The number of aliphatic hydroxyl groups excluding tert-OH is 1. The van der Waals surface area contributed by atoms with Gasteiger partial charge in [-0.15, -0.1) is 0 Å². The number of hydrogen-bond donors (Lipinski definition) is 3. The van der Waals surface area contributed by atoms with Crippen molar-refractivity contribution in [2.24, 2.45) is 0 Å². The third-order valence-electron chi connectivity index (χ3n) is 4.04. The molecule has 0 bridgehead atoms. The van der Waals surface area contributed by atoms with Gasteiger partial charge in [0, 0.05) is 28.7 Å². The maximum Gasteiger partial charge on any atom is 0.224 e. The molecule has 0 aliphatic carbocycles. The SMILES string of the molecule is O=C(Cc1c[nH]c2cc(Cl)ccc12)NC(CCO)c1ccccc1. The molecule has 0 saturated heterocycles. The zero-order chi connectivity index (χ0) is 16.9. The van der Waals surface area contributed by atoms with Crippen molar-refractivity contribution in [2.75, 3.05) is 6.61 Å². The number of carbonyl (C=O) groups is 1. The Morgan fingerprint density at radius 2 is 2.00 bits per heavy atom. The van der Waals surface area contributed by atoms with Crippen molar-refractivity contribution < 1.29 is 9.90 Å². The van der Waals surface area contributed by atoms with E-state index in [4.69, 9.17) is 11.6 Å². The Bertz CT molecular complexity index is 830. The van der Waals surface area contributed by atoms with Crippen LogP contribution in [-0.2, 0) is 11.2 Å². The lowest BCUT2D eigenvalue weighted by Gasteiger charge is -2.18. The average Bonchev–Trinajstić information content (AvgIpc) is 2.97. The third-order valence-corrected chi connectivity index (χ3v) is 4.27. The molecule has 0 spiro atoms. The van der Waals surface area contributed by atoms with Crippen LogP contribution in [0.5, 0.6) is 0 Å². The van der Waals surface area contributed by atoms with Crippen LogP contribution in [0.1, 0.15) is 23.6 Å². The van der Waals surface area contributed by atoms with E-state index in [9.17, 15) is 9.90 Å². The smallest absolute Gasteiger partial charge is 0.224 e. The Morgan fingerprint density at radius 1 is 1.21 bits per heavy atom. The summed E-state index contributed by atoms with van der Waals surface area (Å²) in [6.07, 6.45) is 2.60. The molecule has 1 atom stereocenters. The summed E-state index contributed by atoms with van der Waals surface area (Å²) in [6, 6.07) is 15.1. The highest BCUT2D eigenvalue weighted by atomic mass is 35.5. The molecule has 3 aromatic rings. The zero-order valence-corrected chi connectivity index (χ0v) is 13.9. The fraction of sp³-hybridized carbons (Fsp3) is 0.211. The van der Waals surface area contributed by atoms with E-state index in [0.717, 1.165) is 22.0 Å². The highest BCUT2D eigenvalue weighted by Gasteiger charge is 2.15. The first-order chi connectivity index (χ1) is 11.7. The Balaban J connectivity index is 1.73. The van der Waals surface area contributed by atoms with Crippen LogP contribution < -0.4 is 5.32 Å². The summed E-state index contributed by atoms with van der Waals surface area (Å²) < 4.78 is 0. The van der Waals surface area contributed by atoms with Crippen molar-refractivity contribution in [1.82, 2.24) is 10.3 Å². The van der Waals surface area contributed by atoms with Gasteiger partial charge in [0.25, 0.3) is 0 Å². The van der Waals surface area contributed by atoms with Crippen molar-refractivity contribution in [1.29, 1.82) is 0 Å². The predicted molar refractivity (Wildman–Crippen MR) is 96.0 cm³/mol. The topological polar surface area (TPSA) is 65.1 Å². The largest absolute Gasteiger partial charge is 0.396 e. The number of amides is 1. The lowest BCUT2D eigenvalue weighted by Crippen LogP contribution is -2.30. The number of aliphatic hydroxyl groups is 1. The molecule has 4 nitrogen and oxygen atoms in total. The van der Waals surface area contributed by atoms with E-state index >= 15 is 0 Å². The van der Waals surface area contributed by atoms with Crippen LogP contribution in [0.3, 0.4) is 0 Å². The number of H-pyrrole nitrogens is 1. The summed E-state index contributed by atoms with van der Waals surface area (Å²) in [7, 11) is 0. The fourth-order valence-electron chi connectivity index (χ4n) is 2.86. The van der Waals surface area contributed by atoms with Crippen LogP contribution in [0.25, 0.3) is 10.9 Å². The summed E-state index contributed by atoms with van der Waals surface area (Å²) in [4.78, 5) is 15.6. The molecule has 1 aromatic heterocycles. The highest BCUT2D eigenvalue weighted by Crippen LogP contribution is 2.23. The van der Waals surface area contributed by atoms with Gasteiger partial charge in [-0.3, -0.25) is 4.79 Å². The maximum atomic E-state index is 12.4. The Hall–Kier alpha value is -2.30. The molecule has 1 heterocycles. The summed E-state index contributed by atoms with van der Waals surface area (Å²) in [5.41, 5.74) is 2.83. The normalized spacial score (nSPS) is 12.2. The van der Waals surface area contributed by atoms with Crippen LogP contribution in [0, 0.1) is 0 Å². The molecular formula is C19H19ClN2O2. The molecule has 0 aliphatic heterocycles. The van der Waals surface area contributed by atoms with Gasteiger partial charge in [-0.2, -0.15) is 0 Å². The summed E-state index contributed by atoms with van der Waals surface area (Å²) in [5.74, 6) is -0.0758. The standard InChI is InChI=1S/C19H19ClN2O2/c20-15-6-7-16-14(12-21-18(16)11-15)10-19(24)22-17(8-9-23)13-4-2-1-3-5-13/h1-7,11-12,17,21,23H,8-10H2,(H,22,24). The molecule has 0 aliphatic rings. The monoisotopic (exact) mass is 342 g/mol. The van der Waals surface area contributed by atoms with E-state index in [-0.39, 0.29) is 25.0 Å². The second-order valence-electron chi connectivity index (χ2n) is 5.72. The van der Waals surface area contributed by atoms with E-state index in [1.807, 2.05) is 54.7 Å². The first-order valence-electron chi connectivity index (χ1n) is 7.88. The first kappa shape index (κ1) is 16.6. The van der Waals surface area contributed by atoms with E-state index in [1.165, 1.54) is 0 Å². The van der Waals surface area contributed by atoms with Gasteiger partial charge in [0.05, 0.1) is 12.5 Å². The molecule has 124 valence electrons. The third kappa shape index (κ3) is 3.78. The molecule has 0 radical (unpaired) electrons. The Morgan fingerprint density at radius 3 is 2.75 bits per heavy atom. The van der Waals surface area contributed by atoms with Crippen molar-refractivity contribution in [2.45, 2.75) is 18.9 Å². The quantitative estimate of drug-likeness (QED) is 0.640. The van der Waals surface area contributed by atoms with E-state index < -0.39 is 0 Å². The molecule has 0 saturated carbocycles. The van der Waals surface area contributed by atoms with Crippen molar-refractivity contribution in [3.63, 3.8) is 0 Å². The fourth-order valence-corrected chi connectivity index (χ4v) is 3.03. The molecule has 3 rings (SSSR count). The Labute approximate surface area is 145 Å². The molecule has 2 aromatic carbocycles. The molecule has 0 fully saturated rings. The molecule has 1 amide bonds. The Kier molecular flexibility index (Phi) is 5.18. The molecule has 24 heavy (non-hydrogen) atoms.